The van der Waals surface area contributed by atoms with Crippen LogP contribution in [0.1, 0.15) is 54.5 Å². The Hall–Kier alpha value is -1.62. The van der Waals surface area contributed by atoms with Crippen molar-refractivity contribution in [2.24, 2.45) is 0 Å². The van der Waals surface area contributed by atoms with Crippen LogP contribution in [0.2, 0.25) is 0 Å². The van der Waals surface area contributed by atoms with E-state index in [1.807, 2.05) is 6.92 Å². The van der Waals surface area contributed by atoms with Crippen molar-refractivity contribution in [2.45, 2.75) is 72.0 Å². The van der Waals surface area contributed by atoms with Crippen molar-refractivity contribution in [3.8, 4) is 0 Å². The molecule has 0 saturated carbocycles. The first kappa shape index (κ1) is 15.3. The van der Waals surface area contributed by atoms with E-state index in [0.717, 1.165) is 25.2 Å². The van der Waals surface area contributed by atoms with Gasteiger partial charge in [-0.2, -0.15) is 10.2 Å². The zero-order valence-corrected chi connectivity index (χ0v) is 13.9. The molecule has 0 saturated heterocycles. The highest BCUT2D eigenvalue weighted by molar-refractivity contribution is 5.26. The van der Waals surface area contributed by atoms with E-state index in [2.05, 4.69) is 45.2 Å². The highest BCUT2D eigenvalue weighted by Crippen LogP contribution is 2.21. The minimum atomic E-state index is 0.371. The van der Waals surface area contributed by atoms with Gasteiger partial charge in [-0.15, -0.1) is 0 Å². The number of fused-ring (bicyclic) bond motifs is 1. The van der Waals surface area contributed by atoms with Gasteiger partial charge in [-0.1, -0.05) is 6.42 Å². The third-order valence-electron chi connectivity index (χ3n) is 4.56. The first-order valence-corrected chi connectivity index (χ1v) is 8.43. The smallest absolute Gasteiger partial charge is 0.0794 e. The monoisotopic (exact) mass is 301 g/mol. The number of nitrogens with one attached hydrogen (secondary N) is 2. The summed E-state index contributed by atoms with van der Waals surface area (Å²) in [6, 6.07) is 2.50. The average Bonchev–Trinajstić information content (AvgIpc) is 2.90. The van der Waals surface area contributed by atoms with Crippen LogP contribution in [0.15, 0.2) is 6.07 Å². The van der Waals surface area contributed by atoms with Gasteiger partial charge >= 0.3 is 0 Å². The molecule has 2 aromatic rings. The third kappa shape index (κ3) is 3.40. The van der Waals surface area contributed by atoms with Crippen molar-refractivity contribution < 1.29 is 0 Å². The van der Waals surface area contributed by atoms with Gasteiger partial charge in [-0.3, -0.25) is 9.78 Å². The van der Waals surface area contributed by atoms with Crippen LogP contribution in [-0.2, 0) is 25.9 Å². The second kappa shape index (κ2) is 6.65. The molecule has 1 aliphatic carbocycles. The Morgan fingerprint density at radius 1 is 1.27 bits per heavy atom. The molecule has 120 valence electrons. The van der Waals surface area contributed by atoms with Gasteiger partial charge in [0.2, 0.25) is 0 Å². The number of hydrogen-bond acceptors (Lipinski definition) is 3. The van der Waals surface area contributed by atoms with E-state index >= 15 is 0 Å². The second-order valence-corrected chi connectivity index (χ2v) is 6.58. The van der Waals surface area contributed by atoms with Crippen LogP contribution in [0.5, 0.6) is 0 Å². The number of nitrogens with zero attached hydrogens (tertiary/aromatic N) is 3. The van der Waals surface area contributed by atoms with Crippen LogP contribution in [0.4, 0.5) is 0 Å². The molecule has 0 radical (unpaired) electrons. The Balaban J connectivity index is 1.58. The number of hydrogen-bond donors (Lipinski definition) is 2. The first-order valence-electron chi connectivity index (χ1n) is 8.43. The molecular weight excluding hydrogens is 274 g/mol. The summed E-state index contributed by atoms with van der Waals surface area (Å²) < 4.78 is 2.08. The van der Waals surface area contributed by atoms with E-state index in [0.29, 0.717) is 6.04 Å². The maximum Gasteiger partial charge on any atom is 0.0794 e. The van der Waals surface area contributed by atoms with Gasteiger partial charge in [0, 0.05) is 24.0 Å². The molecule has 2 heterocycles. The second-order valence-electron chi connectivity index (χ2n) is 6.58. The molecule has 1 atom stereocenters. The number of H-pyrrole nitrogens is 1. The van der Waals surface area contributed by atoms with Crippen molar-refractivity contribution in [2.75, 3.05) is 0 Å². The van der Waals surface area contributed by atoms with E-state index in [-0.39, 0.29) is 0 Å². The molecule has 0 amide bonds. The third-order valence-corrected chi connectivity index (χ3v) is 4.56. The van der Waals surface area contributed by atoms with Gasteiger partial charge in [-0.25, -0.2) is 0 Å². The Morgan fingerprint density at radius 3 is 2.86 bits per heavy atom. The number of aromatic amines is 1. The van der Waals surface area contributed by atoms with Crippen LogP contribution in [0.25, 0.3) is 0 Å². The van der Waals surface area contributed by atoms with Crippen molar-refractivity contribution in [1.29, 1.82) is 0 Å². The molecule has 2 aromatic heterocycles. The summed E-state index contributed by atoms with van der Waals surface area (Å²) in [7, 11) is 0. The Bertz CT molecular complexity index is 625. The number of rotatable bonds is 5. The summed E-state index contributed by atoms with van der Waals surface area (Å²) in [4.78, 5) is 0. The maximum absolute atomic E-state index is 4.53. The number of aryl methyl sites for hydroxylation is 3. The van der Waals surface area contributed by atoms with Gasteiger partial charge in [0.1, 0.15) is 0 Å². The molecule has 0 fully saturated rings. The van der Waals surface area contributed by atoms with E-state index in [9.17, 15) is 0 Å². The van der Waals surface area contributed by atoms with E-state index in [1.54, 1.807) is 0 Å². The lowest BCUT2D eigenvalue weighted by molar-refractivity contribution is 0.441. The van der Waals surface area contributed by atoms with Crippen molar-refractivity contribution in [3.05, 3.63) is 34.4 Å². The lowest BCUT2D eigenvalue weighted by Gasteiger charge is -2.15. The normalized spacial score (nSPS) is 16.3. The average molecular weight is 301 g/mol. The quantitative estimate of drug-likeness (QED) is 0.835. The topological polar surface area (TPSA) is 58.5 Å². The zero-order valence-electron chi connectivity index (χ0n) is 13.9. The van der Waals surface area contributed by atoms with Crippen LogP contribution < -0.4 is 5.32 Å². The molecule has 0 spiro atoms. The van der Waals surface area contributed by atoms with Crippen LogP contribution >= 0.6 is 0 Å². The molecule has 0 unspecified atom stereocenters. The van der Waals surface area contributed by atoms with Gasteiger partial charge in [-0.05, 0) is 58.1 Å². The van der Waals surface area contributed by atoms with Crippen molar-refractivity contribution in [1.82, 2.24) is 25.3 Å². The van der Waals surface area contributed by atoms with Gasteiger partial charge in [0.05, 0.1) is 17.9 Å². The fourth-order valence-corrected chi connectivity index (χ4v) is 3.33. The lowest BCUT2D eigenvalue weighted by Crippen LogP contribution is -2.31. The van der Waals surface area contributed by atoms with Crippen molar-refractivity contribution in [3.63, 3.8) is 0 Å². The largest absolute Gasteiger partial charge is 0.307 e. The zero-order chi connectivity index (χ0) is 15.5. The maximum atomic E-state index is 4.53. The molecule has 1 aliphatic rings. The minimum Gasteiger partial charge on any atom is -0.307 e. The summed E-state index contributed by atoms with van der Waals surface area (Å²) in [5, 5.41) is 15.9. The van der Waals surface area contributed by atoms with Crippen molar-refractivity contribution >= 4 is 0 Å². The fraction of sp³-hybridized carbons (Fsp3) is 0.647. The lowest BCUT2D eigenvalue weighted by atomic mass is 10.1. The molecule has 0 bridgehead atoms. The van der Waals surface area contributed by atoms with E-state index in [1.165, 1.54) is 48.3 Å². The summed E-state index contributed by atoms with van der Waals surface area (Å²) in [5.41, 5.74) is 6.34. The summed E-state index contributed by atoms with van der Waals surface area (Å²) >= 11 is 0. The minimum absolute atomic E-state index is 0.371. The Morgan fingerprint density at radius 2 is 2.09 bits per heavy atom. The Labute approximate surface area is 132 Å². The van der Waals surface area contributed by atoms with Gasteiger partial charge < -0.3 is 5.32 Å². The van der Waals surface area contributed by atoms with Crippen LogP contribution in [-0.4, -0.2) is 26.0 Å². The van der Waals surface area contributed by atoms with Crippen LogP contribution in [0, 0.1) is 13.8 Å². The molecule has 3 rings (SSSR count). The van der Waals surface area contributed by atoms with E-state index < -0.39 is 0 Å². The molecular formula is C17H27N5. The Kier molecular flexibility index (Phi) is 4.62. The molecule has 0 aliphatic heterocycles. The molecule has 22 heavy (non-hydrogen) atoms. The summed E-state index contributed by atoms with van der Waals surface area (Å²) in [6.07, 6.45) is 6.25. The molecule has 5 heteroatoms. The molecule has 0 aromatic carbocycles. The predicted octanol–water partition coefficient (Wildman–Crippen LogP) is 2.67. The highest BCUT2D eigenvalue weighted by Gasteiger charge is 2.16. The summed E-state index contributed by atoms with van der Waals surface area (Å²) in [6.45, 7) is 8.10. The SMILES string of the molecule is Cc1cc(C)n(C[C@@H](C)NCc2n[nH]c3c2CCCCC3)n1. The predicted molar refractivity (Wildman–Crippen MR) is 87.8 cm³/mol. The summed E-state index contributed by atoms with van der Waals surface area (Å²) in [5.74, 6) is 0. The molecule has 5 nitrogen and oxygen atoms in total. The highest BCUT2D eigenvalue weighted by atomic mass is 15.3. The molecule has 2 N–H and O–H groups in total. The van der Waals surface area contributed by atoms with Gasteiger partial charge in [0.25, 0.3) is 0 Å². The number of aromatic nitrogens is 4. The fourth-order valence-electron chi connectivity index (χ4n) is 3.33. The standard InChI is InChI=1S/C17H27N5/c1-12-9-14(3)22(21-12)11-13(2)18-10-17-15-7-5-4-6-8-16(15)19-20-17/h9,13,18H,4-8,10-11H2,1-3H3,(H,19,20)/t13-/m1/s1. The van der Waals surface area contributed by atoms with E-state index in [4.69, 9.17) is 0 Å². The van der Waals surface area contributed by atoms with Gasteiger partial charge in [0.15, 0.2) is 0 Å². The van der Waals surface area contributed by atoms with Crippen LogP contribution in [0.3, 0.4) is 0 Å². The first-order chi connectivity index (χ1) is 10.6.